The summed E-state index contributed by atoms with van der Waals surface area (Å²) < 4.78 is 28.4. The van der Waals surface area contributed by atoms with E-state index in [9.17, 15) is 8.78 Å². The maximum absolute atomic E-state index is 14.2. The first-order chi connectivity index (χ1) is 10.6. The molecule has 22 heavy (non-hydrogen) atoms. The van der Waals surface area contributed by atoms with E-state index in [1.165, 1.54) is 5.56 Å². The molecule has 116 valence electrons. The Morgan fingerprint density at radius 3 is 2.23 bits per heavy atom. The van der Waals surface area contributed by atoms with Crippen molar-refractivity contribution >= 4 is 0 Å². The number of nitrogens with zero attached hydrogens (tertiary/aromatic N) is 1. The molecule has 1 nitrogen and oxygen atoms in total. The second-order valence-electron chi connectivity index (χ2n) is 6.21. The maximum atomic E-state index is 14.2. The van der Waals surface area contributed by atoms with Gasteiger partial charge in [0.15, 0.2) is 0 Å². The van der Waals surface area contributed by atoms with Gasteiger partial charge in [0.25, 0.3) is 5.92 Å². The molecule has 3 heteroatoms. The van der Waals surface area contributed by atoms with E-state index in [0.29, 0.717) is 13.1 Å². The largest absolute Gasteiger partial charge is 0.291 e. The summed E-state index contributed by atoms with van der Waals surface area (Å²) in [6, 6.07) is 19.5. The minimum absolute atomic E-state index is 0.106. The number of rotatable bonds is 3. The van der Waals surface area contributed by atoms with Crippen molar-refractivity contribution in [3.05, 3.63) is 71.8 Å². The predicted molar refractivity (Wildman–Crippen MR) is 84.8 cm³/mol. The van der Waals surface area contributed by atoms with E-state index < -0.39 is 11.8 Å². The highest BCUT2D eigenvalue weighted by Gasteiger charge is 2.46. The van der Waals surface area contributed by atoms with E-state index in [0.717, 1.165) is 5.56 Å². The highest BCUT2D eigenvalue weighted by molar-refractivity contribution is 5.22. The molecule has 0 amide bonds. The quantitative estimate of drug-likeness (QED) is 0.779. The van der Waals surface area contributed by atoms with Crippen LogP contribution in [0.5, 0.6) is 0 Å². The van der Waals surface area contributed by atoms with Gasteiger partial charge in [-0.3, -0.25) is 4.90 Å². The molecule has 0 radical (unpaired) electrons. The summed E-state index contributed by atoms with van der Waals surface area (Å²) in [4.78, 5) is 2.19. The van der Waals surface area contributed by atoms with Crippen LogP contribution in [0, 0.1) is 5.92 Å². The fraction of sp³-hybridized carbons (Fsp3) is 0.368. The summed E-state index contributed by atoms with van der Waals surface area (Å²) in [7, 11) is 0. The summed E-state index contributed by atoms with van der Waals surface area (Å²) in [6.45, 7) is 2.78. The van der Waals surface area contributed by atoms with E-state index in [1.807, 2.05) is 48.5 Å². The Labute approximate surface area is 130 Å². The van der Waals surface area contributed by atoms with Crippen LogP contribution in [0.15, 0.2) is 60.7 Å². The summed E-state index contributed by atoms with van der Waals surface area (Å²) in [5.74, 6) is -3.22. The lowest BCUT2D eigenvalue weighted by molar-refractivity contribution is -0.122. The fourth-order valence-electron chi connectivity index (χ4n) is 3.20. The Kier molecular flexibility index (Phi) is 4.25. The van der Waals surface area contributed by atoms with E-state index in [2.05, 4.69) is 17.0 Å². The second kappa shape index (κ2) is 6.17. The van der Waals surface area contributed by atoms with E-state index in [-0.39, 0.29) is 12.5 Å². The van der Waals surface area contributed by atoms with Crippen LogP contribution in [0.1, 0.15) is 30.5 Å². The Hall–Kier alpha value is -1.74. The van der Waals surface area contributed by atoms with Crippen molar-refractivity contribution in [1.29, 1.82) is 0 Å². The Balaban J connectivity index is 1.87. The normalized spacial score (nSPS) is 25.0. The lowest BCUT2D eigenvalue weighted by Crippen LogP contribution is -2.47. The molecule has 1 aliphatic rings. The number of halogens is 2. The zero-order valence-electron chi connectivity index (χ0n) is 12.8. The summed E-state index contributed by atoms with van der Waals surface area (Å²) in [6.07, 6.45) is -0.106. The van der Waals surface area contributed by atoms with Crippen molar-refractivity contribution < 1.29 is 8.78 Å². The van der Waals surface area contributed by atoms with Crippen molar-refractivity contribution in [3.8, 4) is 0 Å². The molecule has 0 aromatic heterocycles. The molecule has 2 aromatic rings. The van der Waals surface area contributed by atoms with Gasteiger partial charge < -0.3 is 0 Å². The molecular formula is C19H21F2N. The number of piperidine rings is 1. The predicted octanol–water partition coefficient (Wildman–Crippen LogP) is 4.91. The highest BCUT2D eigenvalue weighted by Crippen LogP contribution is 2.43. The zero-order valence-corrected chi connectivity index (χ0v) is 12.8. The van der Waals surface area contributed by atoms with Crippen molar-refractivity contribution in [3.63, 3.8) is 0 Å². The van der Waals surface area contributed by atoms with Gasteiger partial charge in [-0.25, -0.2) is 8.78 Å². The molecule has 0 saturated carbocycles. The molecule has 2 atom stereocenters. The van der Waals surface area contributed by atoms with E-state index >= 15 is 0 Å². The van der Waals surface area contributed by atoms with Crippen molar-refractivity contribution in [2.75, 3.05) is 6.54 Å². The molecule has 1 fully saturated rings. The minimum Gasteiger partial charge on any atom is -0.291 e. The zero-order chi connectivity index (χ0) is 15.6. The molecule has 0 spiro atoms. The number of benzene rings is 2. The third-order valence-electron chi connectivity index (χ3n) is 4.55. The second-order valence-corrected chi connectivity index (χ2v) is 6.21. The number of hydrogen-bond donors (Lipinski definition) is 0. The first-order valence-corrected chi connectivity index (χ1v) is 7.77. The Morgan fingerprint density at radius 1 is 1.00 bits per heavy atom. The van der Waals surface area contributed by atoms with Gasteiger partial charge in [-0.15, -0.1) is 0 Å². The summed E-state index contributed by atoms with van der Waals surface area (Å²) in [5.41, 5.74) is 2.14. The lowest BCUT2D eigenvalue weighted by Gasteiger charge is -2.43. The third kappa shape index (κ3) is 3.20. The molecule has 2 aromatic carbocycles. The average Bonchev–Trinajstić information content (AvgIpc) is 2.53. The van der Waals surface area contributed by atoms with Gasteiger partial charge in [0.2, 0.25) is 0 Å². The van der Waals surface area contributed by atoms with E-state index in [4.69, 9.17) is 0 Å². The van der Waals surface area contributed by atoms with Crippen LogP contribution in [0.2, 0.25) is 0 Å². The molecule has 0 aliphatic carbocycles. The third-order valence-corrected chi connectivity index (χ3v) is 4.55. The van der Waals surface area contributed by atoms with Crippen LogP contribution in [-0.2, 0) is 6.54 Å². The summed E-state index contributed by atoms with van der Waals surface area (Å²) in [5, 5.41) is 0. The van der Waals surface area contributed by atoms with Gasteiger partial charge in [-0.2, -0.15) is 0 Å². The van der Waals surface area contributed by atoms with Crippen molar-refractivity contribution in [2.45, 2.75) is 31.9 Å². The van der Waals surface area contributed by atoms with Crippen molar-refractivity contribution in [2.24, 2.45) is 5.92 Å². The first kappa shape index (κ1) is 15.2. The molecule has 0 unspecified atom stereocenters. The van der Waals surface area contributed by atoms with E-state index in [1.54, 1.807) is 6.92 Å². The topological polar surface area (TPSA) is 3.24 Å². The fourth-order valence-corrected chi connectivity index (χ4v) is 3.20. The van der Waals surface area contributed by atoms with Crippen LogP contribution in [0.4, 0.5) is 8.78 Å². The molecule has 1 heterocycles. The van der Waals surface area contributed by atoms with Crippen LogP contribution < -0.4 is 0 Å². The van der Waals surface area contributed by atoms with Crippen LogP contribution >= 0.6 is 0 Å². The number of likely N-dealkylation sites (tertiary alicyclic amines) is 1. The van der Waals surface area contributed by atoms with Gasteiger partial charge >= 0.3 is 0 Å². The number of alkyl halides is 2. The Morgan fingerprint density at radius 2 is 1.59 bits per heavy atom. The average molecular weight is 301 g/mol. The van der Waals surface area contributed by atoms with Crippen molar-refractivity contribution in [1.82, 2.24) is 4.90 Å². The van der Waals surface area contributed by atoms with Gasteiger partial charge in [0.1, 0.15) is 0 Å². The van der Waals surface area contributed by atoms with Gasteiger partial charge in [0.05, 0.1) is 0 Å². The SMILES string of the molecule is C[C@H]1CN(Cc2ccccc2)[C@H](c2ccccc2)CC1(F)F. The molecule has 0 N–H and O–H groups in total. The van der Waals surface area contributed by atoms with Crippen LogP contribution in [-0.4, -0.2) is 17.4 Å². The molecule has 0 bridgehead atoms. The Bertz CT molecular complexity index is 597. The molecule has 1 aliphatic heterocycles. The highest BCUT2D eigenvalue weighted by atomic mass is 19.3. The lowest BCUT2D eigenvalue weighted by atomic mass is 9.86. The summed E-state index contributed by atoms with van der Waals surface area (Å²) >= 11 is 0. The monoisotopic (exact) mass is 301 g/mol. The molecule has 1 saturated heterocycles. The maximum Gasteiger partial charge on any atom is 0.253 e. The molecule has 3 rings (SSSR count). The van der Waals surface area contributed by atoms with Gasteiger partial charge in [0, 0.05) is 31.5 Å². The van der Waals surface area contributed by atoms with Crippen LogP contribution in [0.25, 0.3) is 0 Å². The minimum atomic E-state index is -2.60. The van der Waals surface area contributed by atoms with Crippen LogP contribution in [0.3, 0.4) is 0 Å². The van der Waals surface area contributed by atoms with Gasteiger partial charge in [-0.05, 0) is 11.1 Å². The number of hydrogen-bond acceptors (Lipinski definition) is 1. The smallest absolute Gasteiger partial charge is 0.253 e. The molecular weight excluding hydrogens is 280 g/mol. The first-order valence-electron chi connectivity index (χ1n) is 7.77. The standard InChI is InChI=1S/C19H21F2N/c1-15-13-22(14-16-8-4-2-5-9-16)18(12-19(15,20)21)17-10-6-3-7-11-17/h2-11,15,18H,12-14H2,1H3/t15-,18-/m0/s1. The van der Waals surface area contributed by atoms with Gasteiger partial charge in [-0.1, -0.05) is 67.6 Å².